The summed E-state index contributed by atoms with van der Waals surface area (Å²) in [4.78, 5) is 17.2. The number of nitrogens with one attached hydrogen (secondary N) is 2. The second-order valence-corrected chi connectivity index (χ2v) is 14.4. The third kappa shape index (κ3) is 7.75. The number of fused-ring (bicyclic) bond motifs is 1. The summed E-state index contributed by atoms with van der Waals surface area (Å²) in [6, 6.07) is 9.70. The molecule has 1 aliphatic rings. The van der Waals surface area contributed by atoms with Crippen LogP contribution in [0.3, 0.4) is 0 Å². The lowest BCUT2D eigenvalue weighted by Crippen LogP contribution is -2.52. The molecule has 4 N–H and O–H groups in total. The highest BCUT2D eigenvalue weighted by Gasteiger charge is 2.57. The molecule has 0 saturated heterocycles. The largest absolute Gasteiger partial charge is 0.598 e. The van der Waals surface area contributed by atoms with Gasteiger partial charge in [0, 0.05) is 28.1 Å². The number of carbonyl (C=O) groups excluding carboxylic acids is 1. The number of alkyl halides is 3. The van der Waals surface area contributed by atoms with Crippen molar-refractivity contribution in [3.8, 4) is 28.5 Å². The van der Waals surface area contributed by atoms with Gasteiger partial charge in [-0.1, -0.05) is 0 Å². The highest BCUT2D eigenvalue weighted by atomic mass is 32.2. The molecule has 2 heterocycles. The van der Waals surface area contributed by atoms with Crippen LogP contribution < -0.4 is 24.2 Å². The van der Waals surface area contributed by atoms with Crippen LogP contribution in [0.15, 0.2) is 48.5 Å². The molecule has 0 radical (unpaired) electrons. The summed E-state index contributed by atoms with van der Waals surface area (Å²) in [5.74, 6) is -1.21. The molecule has 0 saturated carbocycles. The first kappa shape index (κ1) is 36.2. The molecule has 4 unspecified atom stereocenters. The zero-order valence-electron chi connectivity index (χ0n) is 26.6. The molecule has 4 atom stereocenters. The van der Waals surface area contributed by atoms with Crippen LogP contribution in [0.4, 0.5) is 17.6 Å². The fourth-order valence-electron chi connectivity index (χ4n) is 4.63. The van der Waals surface area contributed by atoms with Crippen molar-refractivity contribution in [1.82, 2.24) is 15.0 Å². The van der Waals surface area contributed by atoms with Crippen LogP contribution in [-0.2, 0) is 22.5 Å². The summed E-state index contributed by atoms with van der Waals surface area (Å²) in [7, 11) is 1.30. The molecule has 0 spiro atoms. The zero-order chi connectivity index (χ0) is 34.9. The molecule has 1 aromatic heterocycles. The number of rotatable bonds is 11. The summed E-state index contributed by atoms with van der Waals surface area (Å²) >= 11 is -1.69. The van der Waals surface area contributed by atoms with Gasteiger partial charge in [-0.3, -0.25) is 4.79 Å². The standard InChI is InChI=1S/C32H37F4N3O7S/c1-18(40)15-45-23-12-9-20(13-24(23)44-6)28(41)37-16-31(42,32(34,35)36)25-14-22-27(26(38-25)19-7-10-21(33)11-8-19)46-17-30(22,5)39-47(43)29(2,3)4/h7-14,18,39-40,42H,15-17H2,1-6H3,(H,37,41). The number of nitrogens with zero attached hydrogens (tertiary/aromatic N) is 1. The van der Waals surface area contributed by atoms with Crippen molar-refractivity contribution in [3.05, 3.63) is 71.2 Å². The van der Waals surface area contributed by atoms with Gasteiger partial charge in [0.2, 0.25) is 5.60 Å². The molecule has 256 valence electrons. The summed E-state index contributed by atoms with van der Waals surface area (Å²) in [5, 5.41) is 23.0. The highest BCUT2D eigenvalue weighted by molar-refractivity contribution is 7.90. The Balaban J connectivity index is 1.76. The molecular weight excluding hydrogens is 646 g/mol. The van der Waals surface area contributed by atoms with Crippen molar-refractivity contribution in [3.63, 3.8) is 0 Å². The van der Waals surface area contributed by atoms with Crippen molar-refractivity contribution in [2.75, 3.05) is 26.9 Å². The van der Waals surface area contributed by atoms with Crippen LogP contribution in [0, 0.1) is 5.82 Å². The Labute approximate surface area is 272 Å². The average Bonchev–Trinajstić information content (AvgIpc) is 3.33. The lowest BCUT2D eigenvalue weighted by molar-refractivity contribution is -0.265. The lowest BCUT2D eigenvalue weighted by Gasteiger charge is -2.33. The number of aliphatic hydroxyl groups excluding tert-OH is 1. The molecule has 15 heteroatoms. The maximum Gasteiger partial charge on any atom is 0.424 e. The van der Waals surface area contributed by atoms with E-state index in [0.717, 1.165) is 18.2 Å². The minimum Gasteiger partial charge on any atom is -0.598 e. The van der Waals surface area contributed by atoms with Gasteiger partial charge in [-0.2, -0.15) is 13.2 Å². The molecular formula is C32H37F4N3O7S. The minimum atomic E-state index is -5.35. The molecule has 3 aromatic rings. The topological polar surface area (TPSA) is 145 Å². The fraction of sp³-hybridized carbons (Fsp3) is 0.438. The average molecular weight is 684 g/mol. The number of halogens is 4. The predicted octanol–water partition coefficient (Wildman–Crippen LogP) is 4.50. The summed E-state index contributed by atoms with van der Waals surface area (Å²) in [6.07, 6.45) is -6.14. The van der Waals surface area contributed by atoms with Gasteiger partial charge in [0.15, 0.2) is 17.2 Å². The van der Waals surface area contributed by atoms with Crippen molar-refractivity contribution in [1.29, 1.82) is 0 Å². The van der Waals surface area contributed by atoms with E-state index in [-0.39, 0.29) is 52.8 Å². The van der Waals surface area contributed by atoms with Crippen LogP contribution in [0.25, 0.3) is 11.3 Å². The molecule has 1 aliphatic heterocycles. The Kier molecular flexibility index (Phi) is 10.4. The number of ether oxygens (including phenoxy) is 3. The van der Waals surface area contributed by atoms with Gasteiger partial charge in [-0.15, -0.1) is 4.72 Å². The highest BCUT2D eigenvalue weighted by Crippen LogP contribution is 2.47. The number of pyridine rings is 1. The number of benzene rings is 2. The van der Waals surface area contributed by atoms with Crippen molar-refractivity contribution in [2.45, 2.75) is 62.8 Å². The van der Waals surface area contributed by atoms with Crippen molar-refractivity contribution in [2.24, 2.45) is 0 Å². The summed E-state index contributed by atoms with van der Waals surface area (Å²) < 4.78 is 90.1. The molecule has 10 nitrogen and oxygen atoms in total. The van der Waals surface area contributed by atoms with Crippen molar-refractivity contribution < 1.29 is 51.3 Å². The van der Waals surface area contributed by atoms with Gasteiger partial charge in [0.05, 0.1) is 25.5 Å². The zero-order valence-corrected chi connectivity index (χ0v) is 27.4. The van der Waals surface area contributed by atoms with Gasteiger partial charge in [-0.05, 0) is 83.1 Å². The van der Waals surface area contributed by atoms with Crippen LogP contribution in [0.5, 0.6) is 17.2 Å². The number of aliphatic hydroxyl groups is 2. The van der Waals surface area contributed by atoms with E-state index in [1.54, 1.807) is 27.7 Å². The van der Waals surface area contributed by atoms with E-state index < -0.39 is 63.5 Å². The Hall–Kier alpha value is -3.63. The molecule has 0 fully saturated rings. The maximum atomic E-state index is 14.8. The molecule has 1 amide bonds. The van der Waals surface area contributed by atoms with Crippen LogP contribution in [-0.4, -0.2) is 69.6 Å². The number of hydrogen-bond acceptors (Lipinski definition) is 9. The third-order valence-corrected chi connectivity index (χ3v) is 9.12. The summed E-state index contributed by atoms with van der Waals surface area (Å²) in [6.45, 7) is 6.70. The van der Waals surface area contributed by atoms with Gasteiger partial charge in [0.25, 0.3) is 5.91 Å². The number of aromatic nitrogens is 1. The van der Waals surface area contributed by atoms with Gasteiger partial charge < -0.3 is 34.3 Å². The van der Waals surface area contributed by atoms with E-state index >= 15 is 0 Å². The maximum absolute atomic E-state index is 14.8. The second kappa shape index (κ2) is 13.5. The third-order valence-electron chi connectivity index (χ3n) is 7.37. The molecule has 2 aromatic carbocycles. The first-order valence-corrected chi connectivity index (χ1v) is 15.6. The number of methoxy groups -OCH3 is 1. The molecule has 47 heavy (non-hydrogen) atoms. The van der Waals surface area contributed by atoms with Crippen LogP contribution in [0.1, 0.15) is 56.2 Å². The van der Waals surface area contributed by atoms with E-state index in [0.29, 0.717) is 0 Å². The molecule has 0 bridgehead atoms. The molecule has 4 rings (SSSR count). The fourth-order valence-corrected chi connectivity index (χ4v) is 5.51. The van der Waals surface area contributed by atoms with Crippen LogP contribution >= 0.6 is 0 Å². The quantitative estimate of drug-likeness (QED) is 0.170. The number of amides is 1. The Morgan fingerprint density at radius 2 is 1.81 bits per heavy atom. The van der Waals surface area contributed by atoms with E-state index in [1.165, 1.54) is 44.4 Å². The van der Waals surface area contributed by atoms with Gasteiger partial charge in [0.1, 0.15) is 35.0 Å². The van der Waals surface area contributed by atoms with Crippen molar-refractivity contribution >= 4 is 17.3 Å². The second-order valence-electron chi connectivity index (χ2n) is 12.4. The van der Waals surface area contributed by atoms with E-state index in [2.05, 4.69) is 15.0 Å². The number of carbonyl (C=O) groups is 1. The van der Waals surface area contributed by atoms with Gasteiger partial charge in [-0.25, -0.2) is 9.37 Å². The first-order chi connectivity index (χ1) is 21.8. The Morgan fingerprint density at radius 1 is 1.15 bits per heavy atom. The van der Waals surface area contributed by atoms with E-state index in [4.69, 9.17) is 14.2 Å². The monoisotopic (exact) mass is 683 g/mol. The lowest BCUT2D eigenvalue weighted by atomic mass is 9.89. The Bertz CT molecular complexity index is 1600. The summed E-state index contributed by atoms with van der Waals surface area (Å²) in [5.41, 5.74) is -5.76. The SMILES string of the molecule is COc1cc(C(=O)NCC(O)(c2cc3c(c(-c4ccc(F)cc4)n2)OCC3(C)N[S+]([O-])C(C)(C)C)C(F)(F)F)ccc1OCC(C)O. The smallest absolute Gasteiger partial charge is 0.424 e. The van der Waals surface area contributed by atoms with E-state index in [1.807, 2.05) is 0 Å². The Morgan fingerprint density at radius 3 is 2.38 bits per heavy atom. The molecule has 0 aliphatic carbocycles. The number of hydrogen-bond donors (Lipinski definition) is 4. The predicted molar refractivity (Wildman–Crippen MR) is 166 cm³/mol. The van der Waals surface area contributed by atoms with Crippen LogP contribution in [0.2, 0.25) is 0 Å². The minimum absolute atomic E-state index is 0.0693. The van der Waals surface area contributed by atoms with Gasteiger partial charge >= 0.3 is 6.18 Å². The normalized spacial score (nSPS) is 18.8. The first-order valence-electron chi connectivity index (χ1n) is 14.5. The van der Waals surface area contributed by atoms with E-state index in [9.17, 15) is 37.1 Å².